The Kier molecular flexibility index (Phi) is 1.83. The molecule has 0 bridgehead atoms. The van der Waals surface area contributed by atoms with Crippen LogP contribution in [0.3, 0.4) is 0 Å². The van der Waals surface area contributed by atoms with E-state index in [1.165, 1.54) is 12.1 Å². The molecule has 0 aromatic heterocycles. The molecule has 1 atom stereocenters. The predicted molar refractivity (Wildman–Crippen MR) is 51.6 cm³/mol. The average Bonchev–Trinajstić information content (AvgIpc) is 2.29. The van der Waals surface area contributed by atoms with Crippen molar-refractivity contribution in [3.05, 3.63) is 29.3 Å². The first-order valence-corrected chi connectivity index (χ1v) is 4.46. The SMILES string of the molecule is O=C1c2ccc(P)cc2C(=O)C1(O)O. The van der Waals surface area contributed by atoms with E-state index in [-0.39, 0.29) is 11.1 Å². The molecular weight excluding hydrogens is 203 g/mol. The van der Waals surface area contributed by atoms with Crippen molar-refractivity contribution < 1.29 is 19.8 Å². The maximum Gasteiger partial charge on any atom is 0.295 e. The van der Waals surface area contributed by atoms with Crippen molar-refractivity contribution in [1.29, 1.82) is 0 Å². The number of carbonyl (C=O) groups excluding carboxylic acids is 2. The standard InChI is InChI=1S/C9H7O4P/c10-7-5-2-1-4(14)3-6(5)8(11)9(7,12)13/h1-3,12-13H,14H2. The Bertz CT molecular complexity index is 450. The molecule has 0 heterocycles. The Morgan fingerprint density at radius 3 is 2.29 bits per heavy atom. The summed E-state index contributed by atoms with van der Waals surface area (Å²) in [4.78, 5) is 22.7. The Hall–Kier alpha value is -1.09. The average molecular weight is 210 g/mol. The first kappa shape index (κ1) is 9.46. The van der Waals surface area contributed by atoms with Gasteiger partial charge in [0.15, 0.2) is 0 Å². The number of hydrogen-bond acceptors (Lipinski definition) is 4. The molecule has 2 N–H and O–H groups in total. The minimum absolute atomic E-state index is 0.0613. The lowest BCUT2D eigenvalue weighted by Gasteiger charge is -2.08. The van der Waals surface area contributed by atoms with Crippen LogP contribution in [-0.2, 0) is 0 Å². The van der Waals surface area contributed by atoms with Crippen LogP contribution in [0.2, 0.25) is 0 Å². The van der Waals surface area contributed by atoms with Crippen molar-refractivity contribution in [2.24, 2.45) is 0 Å². The highest BCUT2D eigenvalue weighted by molar-refractivity contribution is 7.27. The lowest BCUT2D eigenvalue weighted by Crippen LogP contribution is -2.40. The Balaban J connectivity index is 2.71. The van der Waals surface area contributed by atoms with Gasteiger partial charge in [0.1, 0.15) is 0 Å². The number of rotatable bonds is 0. The second-order valence-corrected chi connectivity index (χ2v) is 3.80. The summed E-state index contributed by atoms with van der Waals surface area (Å²) in [7, 11) is 2.36. The smallest absolute Gasteiger partial charge is 0.295 e. The number of Topliss-reactive ketones (excluding diaryl/α,β-unsaturated/α-hetero) is 2. The summed E-state index contributed by atoms with van der Waals surface area (Å²) < 4.78 is 0. The quantitative estimate of drug-likeness (QED) is 0.335. The molecule has 1 aliphatic carbocycles. The predicted octanol–water partition coefficient (Wildman–Crippen LogP) is -0.753. The van der Waals surface area contributed by atoms with Crippen LogP contribution in [0.25, 0.3) is 0 Å². The third-order valence-electron chi connectivity index (χ3n) is 2.17. The maximum absolute atomic E-state index is 11.4. The molecule has 0 amide bonds. The topological polar surface area (TPSA) is 74.6 Å². The van der Waals surface area contributed by atoms with Crippen molar-refractivity contribution in [2.75, 3.05) is 0 Å². The molecule has 1 aromatic rings. The fourth-order valence-corrected chi connectivity index (χ4v) is 1.69. The van der Waals surface area contributed by atoms with E-state index in [9.17, 15) is 19.8 Å². The van der Waals surface area contributed by atoms with Crippen molar-refractivity contribution in [3.63, 3.8) is 0 Å². The van der Waals surface area contributed by atoms with Crippen molar-refractivity contribution in [3.8, 4) is 0 Å². The largest absolute Gasteiger partial charge is 0.353 e. The van der Waals surface area contributed by atoms with Crippen LogP contribution in [0.5, 0.6) is 0 Å². The molecule has 5 heteroatoms. The van der Waals surface area contributed by atoms with E-state index in [0.717, 1.165) is 0 Å². The van der Waals surface area contributed by atoms with Gasteiger partial charge in [0.25, 0.3) is 5.79 Å². The first-order valence-electron chi connectivity index (χ1n) is 3.88. The van der Waals surface area contributed by atoms with Crippen LogP contribution >= 0.6 is 9.24 Å². The van der Waals surface area contributed by atoms with E-state index in [2.05, 4.69) is 9.24 Å². The van der Waals surface area contributed by atoms with Crippen molar-refractivity contribution in [1.82, 2.24) is 0 Å². The van der Waals surface area contributed by atoms with E-state index in [0.29, 0.717) is 5.30 Å². The van der Waals surface area contributed by atoms with E-state index in [1.807, 2.05) is 0 Å². The minimum Gasteiger partial charge on any atom is -0.353 e. The Labute approximate surface area is 81.8 Å². The third-order valence-corrected chi connectivity index (χ3v) is 2.53. The van der Waals surface area contributed by atoms with Crippen LogP contribution in [0.4, 0.5) is 0 Å². The van der Waals surface area contributed by atoms with Crippen LogP contribution < -0.4 is 5.30 Å². The number of fused-ring (bicyclic) bond motifs is 1. The second-order valence-electron chi connectivity index (χ2n) is 3.14. The zero-order valence-corrected chi connectivity index (χ0v) is 8.18. The number of ketones is 2. The number of carbonyl (C=O) groups is 2. The van der Waals surface area contributed by atoms with Gasteiger partial charge in [0.05, 0.1) is 0 Å². The zero-order valence-electron chi connectivity index (χ0n) is 7.02. The first-order chi connectivity index (χ1) is 6.44. The summed E-state index contributed by atoms with van der Waals surface area (Å²) in [6, 6.07) is 4.45. The molecule has 14 heavy (non-hydrogen) atoms. The van der Waals surface area contributed by atoms with Crippen LogP contribution in [-0.4, -0.2) is 27.6 Å². The number of aliphatic hydroxyl groups is 2. The highest BCUT2D eigenvalue weighted by Crippen LogP contribution is 2.27. The molecule has 2 rings (SSSR count). The van der Waals surface area contributed by atoms with Gasteiger partial charge in [-0.3, -0.25) is 9.59 Å². The van der Waals surface area contributed by atoms with E-state index >= 15 is 0 Å². The van der Waals surface area contributed by atoms with Gasteiger partial charge in [-0.05, 0) is 17.4 Å². The molecule has 0 aliphatic heterocycles. The highest BCUT2D eigenvalue weighted by Gasteiger charge is 2.50. The van der Waals surface area contributed by atoms with E-state index < -0.39 is 17.4 Å². The molecule has 0 saturated carbocycles. The fraction of sp³-hybridized carbons (Fsp3) is 0.111. The maximum atomic E-state index is 11.4. The van der Waals surface area contributed by atoms with Gasteiger partial charge in [-0.2, -0.15) is 0 Å². The van der Waals surface area contributed by atoms with Gasteiger partial charge >= 0.3 is 0 Å². The third kappa shape index (κ3) is 1.05. The van der Waals surface area contributed by atoms with E-state index in [1.54, 1.807) is 6.07 Å². The van der Waals surface area contributed by atoms with Gasteiger partial charge in [-0.25, -0.2) is 0 Å². The van der Waals surface area contributed by atoms with Gasteiger partial charge in [0, 0.05) is 11.1 Å². The molecule has 0 fully saturated rings. The highest BCUT2D eigenvalue weighted by atomic mass is 31.0. The molecule has 72 valence electrons. The lowest BCUT2D eigenvalue weighted by molar-refractivity contribution is -0.0857. The summed E-state index contributed by atoms with van der Waals surface area (Å²) in [6.45, 7) is 0. The van der Waals surface area contributed by atoms with Gasteiger partial charge in [-0.1, -0.05) is 6.07 Å². The summed E-state index contributed by atoms with van der Waals surface area (Å²) in [5, 5.41) is 19.1. The lowest BCUT2D eigenvalue weighted by atomic mass is 10.1. The molecule has 1 aromatic carbocycles. The number of benzene rings is 1. The van der Waals surface area contributed by atoms with Crippen molar-refractivity contribution >= 4 is 26.1 Å². The van der Waals surface area contributed by atoms with Gasteiger partial charge in [-0.15, -0.1) is 9.24 Å². The van der Waals surface area contributed by atoms with E-state index in [4.69, 9.17) is 0 Å². The molecular formula is C9H7O4P. The molecule has 4 nitrogen and oxygen atoms in total. The summed E-state index contributed by atoms with van der Waals surface area (Å²) in [5.74, 6) is -4.79. The Morgan fingerprint density at radius 2 is 1.64 bits per heavy atom. The summed E-state index contributed by atoms with van der Waals surface area (Å²) in [6.07, 6.45) is 0. The second kappa shape index (κ2) is 2.70. The zero-order chi connectivity index (χ0) is 10.5. The number of hydrogen-bond donors (Lipinski definition) is 2. The summed E-state index contributed by atoms with van der Waals surface area (Å²) >= 11 is 0. The minimum atomic E-state index is -2.87. The normalized spacial score (nSPS) is 18.5. The van der Waals surface area contributed by atoms with Crippen LogP contribution in [0.15, 0.2) is 18.2 Å². The molecule has 0 radical (unpaired) electrons. The molecule has 0 spiro atoms. The van der Waals surface area contributed by atoms with Gasteiger partial charge < -0.3 is 10.2 Å². The monoisotopic (exact) mass is 210 g/mol. The Morgan fingerprint density at radius 1 is 1.07 bits per heavy atom. The van der Waals surface area contributed by atoms with Crippen molar-refractivity contribution in [2.45, 2.75) is 5.79 Å². The molecule has 0 saturated heterocycles. The van der Waals surface area contributed by atoms with Crippen LogP contribution in [0, 0.1) is 0 Å². The van der Waals surface area contributed by atoms with Gasteiger partial charge in [0.2, 0.25) is 11.6 Å². The molecule has 1 unspecified atom stereocenters. The van der Waals surface area contributed by atoms with Crippen LogP contribution in [0.1, 0.15) is 20.7 Å². The fourth-order valence-electron chi connectivity index (χ4n) is 1.43. The summed E-state index contributed by atoms with van der Waals surface area (Å²) in [5.41, 5.74) is 0.124. The molecule has 1 aliphatic rings.